The highest BCUT2D eigenvalue weighted by Gasteiger charge is 2.17. The quantitative estimate of drug-likeness (QED) is 0.792. The maximum atomic E-state index is 10.7. The average Bonchev–Trinajstić information content (AvgIpc) is 2.73. The summed E-state index contributed by atoms with van der Waals surface area (Å²) in [5, 5.41) is 0. The van der Waals surface area contributed by atoms with Crippen molar-refractivity contribution in [3.63, 3.8) is 0 Å². The monoisotopic (exact) mass is 270 g/mol. The van der Waals surface area contributed by atoms with Crippen molar-refractivity contribution < 1.29 is 14.3 Å². The number of rotatable bonds is 3. The van der Waals surface area contributed by atoms with Gasteiger partial charge in [-0.3, -0.25) is 4.79 Å². The van der Waals surface area contributed by atoms with E-state index in [4.69, 9.17) is 9.47 Å². The Morgan fingerprint density at radius 1 is 1.53 bits per heavy atom. The summed E-state index contributed by atoms with van der Waals surface area (Å²) in [5.74, 6) is 0.718. The average molecular weight is 271 g/mol. The zero-order valence-corrected chi connectivity index (χ0v) is 9.70. The van der Waals surface area contributed by atoms with Gasteiger partial charge in [0.05, 0.1) is 13.2 Å². The van der Waals surface area contributed by atoms with Crippen LogP contribution in [0.1, 0.15) is 16.8 Å². The molecule has 4 heteroatoms. The second-order valence-electron chi connectivity index (χ2n) is 3.40. The number of hydrogen-bond acceptors (Lipinski definition) is 3. The third-order valence-electron chi connectivity index (χ3n) is 2.29. The highest BCUT2D eigenvalue weighted by molar-refractivity contribution is 9.10. The molecular formula is C11H11BrO3. The molecule has 0 bridgehead atoms. The zero-order valence-electron chi connectivity index (χ0n) is 8.11. The van der Waals surface area contributed by atoms with E-state index in [0.29, 0.717) is 12.2 Å². The lowest BCUT2D eigenvalue weighted by Crippen LogP contribution is -2.15. The molecule has 0 aliphatic carbocycles. The molecule has 2 rings (SSSR count). The highest BCUT2D eigenvalue weighted by atomic mass is 79.9. The van der Waals surface area contributed by atoms with Crippen molar-refractivity contribution in [1.82, 2.24) is 0 Å². The Kier molecular flexibility index (Phi) is 3.38. The molecule has 15 heavy (non-hydrogen) atoms. The van der Waals surface area contributed by atoms with Gasteiger partial charge < -0.3 is 9.47 Å². The summed E-state index contributed by atoms with van der Waals surface area (Å²) in [6.45, 7) is 1.38. The molecule has 0 saturated carbocycles. The molecule has 1 unspecified atom stereocenters. The summed E-state index contributed by atoms with van der Waals surface area (Å²) in [6.07, 6.45) is 1.83. The lowest BCUT2D eigenvalue weighted by molar-refractivity contribution is 0.112. The van der Waals surface area contributed by atoms with Gasteiger partial charge in [-0.25, -0.2) is 0 Å². The zero-order chi connectivity index (χ0) is 10.7. The normalized spacial score (nSPS) is 20.2. The lowest BCUT2D eigenvalue weighted by Gasteiger charge is -2.12. The van der Waals surface area contributed by atoms with Crippen LogP contribution in [0.2, 0.25) is 0 Å². The van der Waals surface area contributed by atoms with Crippen molar-refractivity contribution in [2.75, 3.05) is 13.2 Å². The van der Waals surface area contributed by atoms with Crippen LogP contribution in [0.25, 0.3) is 0 Å². The van der Waals surface area contributed by atoms with Crippen molar-refractivity contribution >= 4 is 22.2 Å². The first-order valence-corrected chi connectivity index (χ1v) is 5.58. The van der Waals surface area contributed by atoms with Gasteiger partial charge in [-0.15, -0.1) is 0 Å². The second kappa shape index (κ2) is 4.77. The molecule has 1 aromatic rings. The Hall–Kier alpha value is -0.870. The summed E-state index contributed by atoms with van der Waals surface area (Å²) >= 11 is 3.29. The molecule has 1 saturated heterocycles. The van der Waals surface area contributed by atoms with E-state index < -0.39 is 0 Å². The van der Waals surface area contributed by atoms with Crippen LogP contribution >= 0.6 is 15.9 Å². The van der Waals surface area contributed by atoms with Crippen LogP contribution in [-0.4, -0.2) is 25.6 Å². The summed E-state index contributed by atoms with van der Waals surface area (Å²) in [7, 11) is 0. The fourth-order valence-electron chi connectivity index (χ4n) is 1.48. The predicted octanol–water partition coefficient (Wildman–Crippen LogP) is 2.43. The molecule has 1 heterocycles. The summed E-state index contributed by atoms with van der Waals surface area (Å²) in [6, 6.07) is 5.39. The molecule has 1 aromatic carbocycles. The van der Waals surface area contributed by atoms with E-state index in [1.807, 2.05) is 12.1 Å². The predicted molar refractivity (Wildman–Crippen MR) is 59.4 cm³/mol. The first-order chi connectivity index (χ1) is 7.29. The van der Waals surface area contributed by atoms with Crippen LogP contribution in [0, 0.1) is 0 Å². The van der Waals surface area contributed by atoms with Gasteiger partial charge in [0.15, 0.2) is 6.29 Å². The molecule has 1 aliphatic rings. The third-order valence-corrected chi connectivity index (χ3v) is 3.01. The van der Waals surface area contributed by atoms with E-state index in [2.05, 4.69) is 15.9 Å². The molecule has 0 amide bonds. The molecule has 0 radical (unpaired) electrons. The number of halogens is 1. The van der Waals surface area contributed by atoms with Crippen molar-refractivity contribution in [2.24, 2.45) is 0 Å². The third kappa shape index (κ3) is 2.58. The van der Waals surface area contributed by atoms with Gasteiger partial charge >= 0.3 is 0 Å². The smallest absolute Gasteiger partial charge is 0.151 e. The van der Waals surface area contributed by atoms with Gasteiger partial charge in [0.25, 0.3) is 0 Å². The van der Waals surface area contributed by atoms with E-state index in [9.17, 15) is 4.79 Å². The van der Waals surface area contributed by atoms with Crippen LogP contribution in [-0.2, 0) is 4.74 Å². The first kappa shape index (κ1) is 10.6. The number of aldehydes is 1. The molecule has 1 fully saturated rings. The number of benzene rings is 1. The fourth-order valence-corrected chi connectivity index (χ4v) is 1.82. The van der Waals surface area contributed by atoms with Crippen LogP contribution in [0.15, 0.2) is 22.7 Å². The molecule has 0 N–H and O–H groups in total. The molecule has 0 aromatic heterocycles. The second-order valence-corrected chi connectivity index (χ2v) is 4.26. The van der Waals surface area contributed by atoms with Gasteiger partial charge in [-0.05, 0) is 18.2 Å². The Bertz CT molecular complexity index is 359. The molecule has 3 nitrogen and oxygen atoms in total. The van der Waals surface area contributed by atoms with Gasteiger partial charge in [-0.2, -0.15) is 0 Å². The van der Waals surface area contributed by atoms with Crippen molar-refractivity contribution in [3.8, 4) is 5.75 Å². The standard InChI is InChI=1S/C11H11BrO3/c12-11-2-1-9(5-8(11)6-13)15-10-3-4-14-7-10/h1-2,5-6,10H,3-4,7H2. The summed E-state index contributed by atoms with van der Waals surface area (Å²) in [5.41, 5.74) is 0.603. The van der Waals surface area contributed by atoms with E-state index in [0.717, 1.165) is 29.5 Å². The number of ether oxygens (including phenoxy) is 2. The van der Waals surface area contributed by atoms with Gasteiger partial charge in [-0.1, -0.05) is 15.9 Å². The number of carbonyl (C=O) groups is 1. The first-order valence-electron chi connectivity index (χ1n) is 4.79. The highest BCUT2D eigenvalue weighted by Crippen LogP contribution is 2.23. The Labute approximate surface area is 96.5 Å². The largest absolute Gasteiger partial charge is 0.488 e. The van der Waals surface area contributed by atoms with Crippen molar-refractivity contribution in [2.45, 2.75) is 12.5 Å². The summed E-state index contributed by atoms with van der Waals surface area (Å²) in [4.78, 5) is 10.7. The van der Waals surface area contributed by atoms with Gasteiger partial charge in [0.2, 0.25) is 0 Å². The van der Waals surface area contributed by atoms with E-state index >= 15 is 0 Å². The van der Waals surface area contributed by atoms with Crippen molar-refractivity contribution in [1.29, 1.82) is 0 Å². The van der Waals surface area contributed by atoms with Crippen LogP contribution in [0.3, 0.4) is 0 Å². The molecular weight excluding hydrogens is 260 g/mol. The van der Waals surface area contributed by atoms with Crippen LogP contribution in [0.5, 0.6) is 5.75 Å². The molecule has 1 aliphatic heterocycles. The van der Waals surface area contributed by atoms with E-state index in [1.54, 1.807) is 6.07 Å². The van der Waals surface area contributed by atoms with E-state index in [1.165, 1.54) is 0 Å². The maximum Gasteiger partial charge on any atom is 0.151 e. The van der Waals surface area contributed by atoms with Crippen LogP contribution < -0.4 is 4.74 Å². The minimum absolute atomic E-state index is 0.116. The Morgan fingerprint density at radius 2 is 2.40 bits per heavy atom. The molecule has 1 atom stereocenters. The maximum absolute atomic E-state index is 10.7. The number of carbonyl (C=O) groups excluding carboxylic acids is 1. The molecule has 80 valence electrons. The fraction of sp³-hybridized carbons (Fsp3) is 0.364. The van der Waals surface area contributed by atoms with E-state index in [-0.39, 0.29) is 6.10 Å². The molecule has 0 spiro atoms. The van der Waals surface area contributed by atoms with Crippen molar-refractivity contribution in [3.05, 3.63) is 28.2 Å². The SMILES string of the molecule is O=Cc1cc(OC2CCOC2)ccc1Br. The Morgan fingerprint density at radius 3 is 3.07 bits per heavy atom. The minimum Gasteiger partial charge on any atom is -0.488 e. The van der Waals surface area contributed by atoms with Gasteiger partial charge in [0.1, 0.15) is 11.9 Å². The Balaban J connectivity index is 2.10. The number of hydrogen-bond donors (Lipinski definition) is 0. The lowest BCUT2D eigenvalue weighted by atomic mass is 10.2. The van der Waals surface area contributed by atoms with Crippen LogP contribution in [0.4, 0.5) is 0 Å². The van der Waals surface area contributed by atoms with Gasteiger partial charge in [0, 0.05) is 16.5 Å². The summed E-state index contributed by atoms with van der Waals surface area (Å²) < 4.78 is 11.7. The minimum atomic E-state index is 0.116. The topological polar surface area (TPSA) is 35.5 Å².